The Labute approximate surface area is 143 Å². The van der Waals surface area contributed by atoms with Gasteiger partial charge in [-0.2, -0.15) is 0 Å². The summed E-state index contributed by atoms with van der Waals surface area (Å²) in [6.07, 6.45) is 0. The molecule has 0 unspecified atom stereocenters. The molecule has 0 aliphatic heterocycles. The van der Waals surface area contributed by atoms with Crippen molar-refractivity contribution in [3.05, 3.63) is 54.6 Å². The first-order chi connectivity index (χ1) is 11.4. The molecular formula is C19H26N4O. The number of hydrogen-bond acceptors (Lipinski definition) is 3. The van der Waals surface area contributed by atoms with Gasteiger partial charge in [0.25, 0.3) is 0 Å². The predicted molar refractivity (Wildman–Crippen MR) is 101 cm³/mol. The smallest absolute Gasteiger partial charge is 0.193 e. The molecule has 0 bridgehead atoms. The van der Waals surface area contributed by atoms with Gasteiger partial charge in [0.1, 0.15) is 11.5 Å². The van der Waals surface area contributed by atoms with Gasteiger partial charge in [-0.1, -0.05) is 24.3 Å². The van der Waals surface area contributed by atoms with Crippen LogP contribution in [0.5, 0.6) is 11.5 Å². The van der Waals surface area contributed by atoms with E-state index in [4.69, 9.17) is 10.5 Å². The molecule has 2 rings (SSSR count). The fourth-order valence-electron chi connectivity index (χ4n) is 2.06. The molecule has 0 heterocycles. The minimum absolute atomic E-state index is 0.0841. The highest BCUT2D eigenvalue weighted by Crippen LogP contribution is 2.23. The number of hydrogen-bond donors (Lipinski definition) is 3. The summed E-state index contributed by atoms with van der Waals surface area (Å²) in [5.41, 5.74) is 6.85. The number of rotatable bonds is 6. The van der Waals surface area contributed by atoms with E-state index in [2.05, 4.69) is 36.4 Å². The standard InChI is InChI=1S/C19H26N4O/c1-19(2,3)22-13-12-21-18(20)23-15-8-7-11-17(14-15)24-16-9-5-4-6-10-16/h4-11,14,22H,12-13H2,1-3H3,(H3,20,21,23). The van der Waals surface area contributed by atoms with Crippen molar-refractivity contribution in [3.8, 4) is 11.5 Å². The third-order valence-electron chi connectivity index (χ3n) is 3.13. The zero-order chi connectivity index (χ0) is 17.4. The number of guanidine groups is 1. The maximum atomic E-state index is 5.93. The Morgan fingerprint density at radius 1 is 1.04 bits per heavy atom. The number of nitrogens with two attached hydrogens (primary N) is 1. The second-order valence-electron chi connectivity index (χ2n) is 6.51. The summed E-state index contributed by atoms with van der Waals surface area (Å²) in [4.78, 5) is 4.32. The Morgan fingerprint density at radius 3 is 2.46 bits per heavy atom. The highest BCUT2D eigenvalue weighted by Gasteiger charge is 2.07. The Morgan fingerprint density at radius 2 is 1.75 bits per heavy atom. The summed E-state index contributed by atoms with van der Waals surface area (Å²) < 4.78 is 5.81. The Balaban J connectivity index is 1.89. The summed E-state index contributed by atoms with van der Waals surface area (Å²) in [7, 11) is 0. The summed E-state index contributed by atoms with van der Waals surface area (Å²) >= 11 is 0. The molecule has 128 valence electrons. The van der Waals surface area contributed by atoms with Crippen LogP contribution in [0.2, 0.25) is 0 Å². The van der Waals surface area contributed by atoms with Crippen molar-refractivity contribution in [1.82, 2.24) is 5.32 Å². The topological polar surface area (TPSA) is 71.7 Å². The molecule has 0 aliphatic rings. The molecule has 0 aromatic heterocycles. The predicted octanol–water partition coefficient (Wildman–Crippen LogP) is 3.59. The number of nitrogens with zero attached hydrogens (tertiary/aromatic N) is 1. The number of ether oxygens (including phenoxy) is 1. The summed E-state index contributed by atoms with van der Waals surface area (Å²) in [6, 6.07) is 17.3. The summed E-state index contributed by atoms with van der Waals surface area (Å²) in [5.74, 6) is 1.93. The fourth-order valence-corrected chi connectivity index (χ4v) is 2.06. The maximum Gasteiger partial charge on any atom is 0.193 e. The van der Waals surface area contributed by atoms with Crippen molar-refractivity contribution in [2.75, 3.05) is 18.4 Å². The quantitative estimate of drug-likeness (QED) is 0.431. The van der Waals surface area contributed by atoms with E-state index in [-0.39, 0.29) is 5.54 Å². The zero-order valence-electron chi connectivity index (χ0n) is 14.5. The molecule has 0 saturated heterocycles. The van der Waals surface area contributed by atoms with Crippen LogP contribution in [-0.4, -0.2) is 24.6 Å². The molecule has 0 fully saturated rings. The molecule has 0 aliphatic carbocycles. The van der Waals surface area contributed by atoms with E-state index < -0.39 is 0 Å². The molecular weight excluding hydrogens is 300 g/mol. The van der Waals surface area contributed by atoms with Gasteiger partial charge in [-0.3, -0.25) is 4.99 Å². The molecule has 0 radical (unpaired) electrons. The zero-order valence-corrected chi connectivity index (χ0v) is 14.5. The monoisotopic (exact) mass is 326 g/mol. The van der Waals surface area contributed by atoms with E-state index in [1.165, 1.54) is 0 Å². The highest BCUT2D eigenvalue weighted by atomic mass is 16.5. The van der Waals surface area contributed by atoms with E-state index in [9.17, 15) is 0 Å². The number of anilines is 1. The summed E-state index contributed by atoms with van der Waals surface area (Å²) in [5, 5.41) is 6.45. The first-order valence-electron chi connectivity index (χ1n) is 8.07. The van der Waals surface area contributed by atoms with Crippen molar-refractivity contribution in [2.45, 2.75) is 26.3 Å². The second kappa shape index (κ2) is 8.36. The van der Waals surface area contributed by atoms with Crippen molar-refractivity contribution >= 4 is 11.6 Å². The summed E-state index contributed by atoms with van der Waals surface area (Å²) in [6.45, 7) is 7.77. The molecule has 24 heavy (non-hydrogen) atoms. The first kappa shape index (κ1) is 17.8. The lowest BCUT2D eigenvalue weighted by Crippen LogP contribution is -2.37. The normalized spacial score (nSPS) is 12.0. The van der Waals surface area contributed by atoms with Crippen LogP contribution in [0.4, 0.5) is 5.69 Å². The molecule has 4 N–H and O–H groups in total. The molecule has 0 spiro atoms. The Hall–Kier alpha value is -2.53. The largest absolute Gasteiger partial charge is 0.457 e. The van der Waals surface area contributed by atoms with Crippen LogP contribution in [0.3, 0.4) is 0 Å². The van der Waals surface area contributed by atoms with Crippen LogP contribution >= 0.6 is 0 Å². The Bertz CT molecular complexity index is 663. The molecule has 5 nitrogen and oxygen atoms in total. The lowest BCUT2D eigenvalue weighted by molar-refractivity contribution is 0.433. The molecule has 0 saturated carbocycles. The number of para-hydroxylation sites is 1. The van der Waals surface area contributed by atoms with Crippen LogP contribution < -0.4 is 21.1 Å². The fraction of sp³-hybridized carbons (Fsp3) is 0.316. The highest BCUT2D eigenvalue weighted by molar-refractivity contribution is 5.92. The lowest BCUT2D eigenvalue weighted by atomic mass is 10.1. The molecule has 5 heteroatoms. The van der Waals surface area contributed by atoms with E-state index in [1.807, 2.05) is 54.6 Å². The first-order valence-corrected chi connectivity index (χ1v) is 8.07. The van der Waals surface area contributed by atoms with Gasteiger partial charge in [0.15, 0.2) is 5.96 Å². The average molecular weight is 326 g/mol. The van der Waals surface area contributed by atoms with Crippen LogP contribution in [-0.2, 0) is 0 Å². The van der Waals surface area contributed by atoms with E-state index in [0.29, 0.717) is 12.5 Å². The molecule has 2 aromatic carbocycles. The number of aliphatic imine (C=N–C) groups is 1. The van der Waals surface area contributed by atoms with Crippen molar-refractivity contribution in [1.29, 1.82) is 0 Å². The number of benzene rings is 2. The van der Waals surface area contributed by atoms with Gasteiger partial charge in [0, 0.05) is 23.8 Å². The lowest BCUT2D eigenvalue weighted by Gasteiger charge is -2.19. The van der Waals surface area contributed by atoms with Gasteiger partial charge in [0.2, 0.25) is 0 Å². The van der Waals surface area contributed by atoms with Gasteiger partial charge in [-0.15, -0.1) is 0 Å². The minimum Gasteiger partial charge on any atom is -0.457 e. The Kier molecular flexibility index (Phi) is 6.21. The third kappa shape index (κ3) is 6.71. The van der Waals surface area contributed by atoms with E-state index in [0.717, 1.165) is 23.7 Å². The maximum absolute atomic E-state index is 5.93. The minimum atomic E-state index is 0.0841. The third-order valence-corrected chi connectivity index (χ3v) is 3.13. The van der Waals surface area contributed by atoms with Crippen molar-refractivity contribution < 1.29 is 4.74 Å². The van der Waals surface area contributed by atoms with Gasteiger partial charge in [-0.25, -0.2) is 0 Å². The molecule has 0 atom stereocenters. The average Bonchev–Trinajstić information content (AvgIpc) is 2.52. The van der Waals surface area contributed by atoms with Crippen LogP contribution in [0.25, 0.3) is 0 Å². The van der Waals surface area contributed by atoms with Crippen molar-refractivity contribution in [2.24, 2.45) is 10.7 Å². The van der Waals surface area contributed by atoms with E-state index in [1.54, 1.807) is 0 Å². The van der Waals surface area contributed by atoms with Gasteiger partial charge < -0.3 is 21.1 Å². The van der Waals surface area contributed by atoms with Crippen LogP contribution in [0.15, 0.2) is 59.6 Å². The van der Waals surface area contributed by atoms with Gasteiger partial charge in [-0.05, 0) is 45.0 Å². The number of nitrogens with one attached hydrogen (secondary N) is 2. The van der Waals surface area contributed by atoms with Crippen LogP contribution in [0.1, 0.15) is 20.8 Å². The van der Waals surface area contributed by atoms with Gasteiger partial charge in [0.05, 0.1) is 6.54 Å². The van der Waals surface area contributed by atoms with Crippen LogP contribution in [0, 0.1) is 0 Å². The van der Waals surface area contributed by atoms with Gasteiger partial charge >= 0.3 is 0 Å². The SMILES string of the molecule is CC(C)(C)NCCN=C(N)Nc1cccc(Oc2ccccc2)c1. The second-order valence-corrected chi connectivity index (χ2v) is 6.51. The molecule has 0 amide bonds. The molecule has 2 aromatic rings. The van der Waals surface area contributed by atoms with Crippen molar-refractivity contribution in [3.63, 3.8) is 0 Å². The van der Waals surface area contributed by atoms with E-state index >= 15 is 0 Å².